The number of amides is 1. The summed E-state index contributed by atoms with van der Waals surface area (Å²) in [6.45, 7) is 2.80. The first-order chi connectivity index (χ1) is 14.0. The van der Waals surface area contributed by atoms with E-state index in [0.29, 0.717) is 30.2 Å². The number of pyridine rings is 2. The van der Waals surface area contributed by atoms with Gasteiger partial charge in [0.1, 0.15) is 5.82 Å². The highest BCUT2D eigenvalue weighted by Crippen LogP contribution is 2.25. The van der Waals surface area contributed by atoms with Crippen LogP contribution in [-0.2, 0) is 4.74 Å². The smallest absolute Gasteiger partial charge is 0.256 e. The molecule has 1 amide bonds. The molecule has 148 valence electrons. The summed E-state index contributed by atoms with van der Waals surface area (Å²) in [5, 5.41) is 5.98. The van der Waals surface area contributed by atoms with Gasteiger partial charge in [-0.1, -0.05) is 11.6 Å². The molecule has 4 rings (SSSR count). The molecule has 2 aromatic heterocycles. The van der Waals surface area contributed by atoms with Crippen LogP contribution in [0, 0.1) is 12.7 Å². The van der Waals surface area contributed by atoms with E-state index in [1.54, 1.807) is 30.5 Å². The molecule has 1 fully saturated rings. The molecule has 1 aliphatic rings. The summed E-state index contributed by atoms with van der Waals surface area (Å²) in [5.74, 6) is -0.756. The number of hydrogen-bond donors (Lipinski definition) is 3. The molecule has 29 heavy (non-hydrogen) atoms. The second-order valence-corrected chi connectivity index (χ2v) is 6.87. The minimum absolute atomic E-state index is 0.0143. The van der Waals surface area contributed by atoms with E-state index in [4.69, 9.17) is 4.74 Å². The summed E-state index contributed by atoms with van der Waals surface area (Å²) < 4.78 is 19.4. The van der Waals surface area contributed by atoms with E-state index in [1.165, 1.54) is 18.5 Å². The number of carbonyl (C=O) groups is 1. The van der Waals surface area contributed by atoms with E-state index in [1.807, 2.05) is 6.92 Å². The average Bonchev–Trinajstić information content (AvgIpc) is 2.68. The third-order valence-electron chi connectivity index (χ3n) is 4.63. The molecule has 0 unspecified atom stereocenters. The summed E-state index contributed by atoms with van der Waals surface area (Å²) in [4.78, 5) is 31.5. The van der Waals surface area contributed by atoms with Gasteiger partial charge in [-0.05, 0) is 31.2 Å². The lowest BCUT2D eigenvalue weighted by Crippen LogP contribution is -2.48. The van der Waals surface area contributed by atoms with Crippen LogP contribution < -0.4 is 16.2 Å². The number of aromatic amines is 1. The van der Waals surface area contributed by atoms with E-state index < -0.39 is 11.4 Å². The number of carbonyl (C=O) groups excluding carboxylic acids is 1. The quantitative estimate of drug-likeness (QED) is 0.618. The Kier molecular flexibility index (Phi) is 5.09. The third-order valence-corrected chi connectivity index (χ3v) is 4.63. The highest BCUT2D eigenvalue weighted by Gasteiger charge is 2.22. The standard InChI is InChI=1S/C21H19FN4O3/c1-12-2-3-18(22)15(6-12)16-7-13(8-24-20(16)27)25-19-4-5-23-9-17(19)21(28)26-14-10-29-11-14/h2-9,14H,10-11H2,1H3,(H,23,25)(H,24,27)(H,26,28). The molecule has 3 N–H and O–H groups in total. The van der Waals surface area contributed by atoms with Gasteiger partial charge < -0.3 is 20.4 Å². The van der Waals surface area contributed by atoms with Crippen molar-refractivity contribution in [1.82, 2.24) is 15.3 Å². The molecular weight excluding hydrogens is 375 g/mol. The zero-order valence-corrected chi connectivity index (χ0v) is 15.7. The minimum Gasteiger partial charge on any atom is -0.377 e. The topological polar surface area (TPSA) is 96.1 Å². The van der Waals surface area contributed by atoms with E-state index in [0.717, 1.165) is 5.56 Å². The summed E-state index contributed by atoms with van der Waals surface area (Å²) in [6, 6.07) is 7.79. The van der Waals surface area contributed by atoms with E-state index in [2.05, 4.69) is 20.6 Å². The predicted octanol–water partition coefficient (Wildman–Crippen LogP) is 2.76. The van der Waals surface area contributed by atoms with Crippen LogP contribution in [0.1, 0.15) is 15.9 Å². The first-order valence-corrected chi connectivity index (χ1v) is 9.10. The summed E-state index contributed by atoms with van der Waals surface area (Å²) >= 11 is 0. The van der Waals surface area contributed by atoms with Gasteiger partial charge in [0, 0.05) is 24.2 Å². The average molecular weight is 394 g/mol. The maximum Gasteiger partial charge on any atom is 0.256 e. The van der Waals surface area contributed by atoms with E-state index in [-0.39, 0.29) is 23.1 Å². The van der Waals surface area contributed by atoms with Crippen LogP contribution in [0.15, 0.2) is 53.7 Å². The number of aryl methyl sites for hydroxylation is 1. The van der Waals surface area contributed by atoms with Crippen molar-refractivity contribution in [2.24, 2.45) is 0 Å². The van der Waals surface area contributed by atoms with Gasteiger partial charge >= 0.3 is 0 Å². The van der Waals surface area contributed by atoms with Gasteiger partial charge in [0.05, 0.1) is 41.8 Å². The maximum absolute atomic E-state index is 14.3. The number of anilines is 2. The van der Waals surface area contributed by atoms with Crippen molar-refractivity contribution in [2.45, 2.75) is 13.0 Å². The fourth-order valence-electron chi connectivity index (χ4n) is 3.02. The largest absolute Gasteiger partial charge is 0.377 e. The summed E-state index contributed by atoms with van der Waals surface area (Å²) in [5.41, 5.74) is 2.22. The third kappa shape index (κ3) is 4.02. The Hall–Kier alpha value is -3.52. The van der Waals surface area contributed by atoms with Crippen LogP contribution in [-0.4, -0.2) is 35.1 Å². The molecule has 8 heteroatoms. The van der Waals surface area contributed by atoms with E-state index in [9.17, 15) is 14.0 Å². The second-order valence-electron chi connectivity index (χ2n) is 6.87. The zero-order chi connectivity index (χ0) is 20.4. The number of H-pyrrole nitrogens is 1. The summed E-state index contributed by atoms with van der Waals surface area (Å²) in [6.07, 6.45) is 4.49. The summed E-state index contributed by atoms with van der Waals surface area (Å²) in [7, 11) is 0. The van der Waals surface area contributed by atoms with Crippen molar-refractivity contribution in [3.8, 4) is 11.1 Å². The van der Waals surface area contributed by atoms with Crippen LogP contribution in [0.25, 0.3) is 11.1 Å². The van der Waals surface area contributed by atoms with Gasteiger partial charge in [0.15, 0.2) is 0 Å². The fourth-order valence-corrected chi connectivity index (χ4v) is 3.02. The number of benzene rings is 1. The monoisotopic (exact) mass is 394 g/mol. The molecule has 0 spiro atoms. The lowest BCUT2D eigenvalue weighted by atomic mass is 10.0. The molecule has 0 aliphatic carbocycles. The highest BCUT2D eigenvalue weighted by molar-refractivity contribution is 6.00. The first-order valence-electron chi connectivity index (χ1n) is 9.10. The van der Waals surface area contributed by atoms with Crippen molar-refractivity contribution in [2.75, 3.05) is 18.5 Å². The zero-order valence-electron chi connectivity index (χ0n) is 15.7. The van der Waals surface area contributed by atoms with Crippen molar-refractivity contribution in [3.63, 3.8) is 0 Å². The molecule has 0 radical (unpaired) electrons. The number of hydrogen-bond acceptors (Lipinski definition) is 5. The minimum atomic E-state index is -0.482. The molecule has 1 aromatic carbocycles. The number of halogens is 1. The lowest BCUT2D eigenvalue weighted by Gasteiger charge is -2.27. The van der Waals surface area contributed by atoms with Crippen LogP contribution in [0.4, 0.5) is 15.8 Å². The predicted molar refractivity (Wildman–Crippen MR) is 107 cm³/mol. The van der Waals surface area contributed by atoms with Gasteiger partial charge in [-0.15, -0.1) is 0 Å². The number of rotatable bonds is 5. The number of nitrogens with one attached hydrogen (secondary N) is 3. The Morgan fingerprint density at radius 3 is 2.83 bits per heavy atom. The molecule has 3 aromatic rings. The number of nitrogens with zero attached hydrogens (tertiary/aromatic N) is 1. The van der Waals surface area contributed by atoms with Crippen LogP contribution in [0.5, 0.6) is 0 Å². The van der Waals surface area contributed by atoms with Crippen molar-refractivity contribution < 1.29 is 13.9 Å². The lowest BCUT2D eigenvalue weighted by molar-refractivity contribution is -0.00345. The van der Waals surface area contributed by atoms with Crippen molar-refractivity contribution in [3.05, 3.63) is 76.2 Å². The Labute approximate surface area is 166 Å². The molecule has 1 aliphatic heterocycles. The highest BCUT2D eigenvalue weighted by atomic mass is 19.1. The van der Waals surface area contributed by atoms with Gasteiger partial charge in [-0.3, -0.25) is 14.6 Å². The Balaban J connectivity index is 1.65. The number of ether oxygens (including phenoxy) is 1. The molecule has 1 saturated heterocycles. The van der Waals surface area contributed by atoms with E-state index >= 15 is 0 Å². The molecule has 7 nitrogen and oxygen atoms in total. The van der Waals surface area contributed by atoms with Gasteiger partial charge in [-0.25, -0.2) is 4.39 Å². The Morgan fingerprint density at radius 1 is 1.24 bits per heavy atom. The van der Waals surface area contributed by atoms with Gasteiger partial charge in [0.2, 0.25) is 0 Å². The van der Waals surface area contributed by atoms with Crippen LogP contribution >= 0.6 is 0 Å². The number of aromatic nitrogens is 2. The Morgan fingerprint density at radius 2 is 2.07 bits per heavy atom. The molecule has 3 heterocycles. The molecular formula is C21H19FN4O3. The molecule has 0 bridgehead atoms. The van der Waals surface area contributed by atoms with Crippen molar-refractivity contribution >= 4 is 17.3 Å². The van der Waals surface area contributed by atoms with Gasteiger partial charge in [0.25, 0.3) is 11.5 Å². The normalized spacial score (nSPS) is 13.6. The van der Waals surface area contributed by atoms with Crippen LogP contribution in [0.2, 0.25) is 0 Å². The molecule has 0 saturated carbocycles. The van der Waals surface area contributed by atoms with Crippen molar-refractivity contribution in [1.29, 1.82) is 0 Å². The fraction of sp³-hybridized carbons (Fsp3) is 0.190. The van der Waals surface area contributed by atoms with Crippen LogP contribution in [0.3, 0.4) is 0 Å². The Bertz CT molecular complexity index is 1120. The maximum atomic E-state index is 14.3. The molecule has 0 atom stereocenters. The SMILES string of the molecule is Cc1ccc(F)c(-c2cc(Nc3ccncc3C(=O)NC3COC3)c[nH]c2=O)c1. The first kappa shape index (κ1) is 18.8. The second kappa shape index (κ2) is 7.84. The van der Waals surface area contributed by atoms with Gasteiger partial charge in [-0.2, -0.15) is 0 Å².